The van der Waals surface area contributed by atoms with E-state index in [0.717, 1.165) is 11.4 Å². The highest BCUT2D eigenvalue weighted by Crippen LogP contribution is 2.24. The zero-order chi connectivity index (χ0) is 21.8. The van der Waals surface area contributed by atoms with Gasteiger partial charge in [-0.2, -0.15) is 0 Å². The van der Waals surface area contributed by atoms with Gasteiger partial charge >= 0.3 is 0 Å². The fourth-order valence-corrected chi connectivity index (χ4v) is 3.78. The van der Waals surface area contributed by atoms with E-state index in [0.29, 0.717) is 25.3 Å². The maximum atomic E-state index is 12.9. The van der Waals surface area contributed by atoms with Gasteiger partial charge in [-0.25, -0.2) is 0 Å². The molecule has 0 N–H and O–H groups in total. The molecule has 7 heteroatoms. The Balaban J connectivity index is 1.39. The summed E-state index contributed by atoms with van der Waals surface area (Å²) in [7, 11) is 1.59. The zero-order valence-electron chi connectivity index (χ0n) is 17.7. The summed E-state index contributed by atoms with van der Waals surface area (Å²) >= 11 is 0. The van der Waals surface area contributed by atoms with Crippen LogP contribution in [-0.4, -0.2) is 48.6 Å². The summed E-state index contributed by atoms with van der Waals surface area (Å²) in [4.78, 5) is 28.7. The summed E-state index contributed by atoms with van der Waals surface area (Å²) in [5, 5.41) is 4.07. The van der Waals surface area contributed by atoms with Gasteiger partial charge in [-0.15, -0.1) is 0 Å². The van der Waals surface area contributed by atoms with Crippen LogP contribution < -0.4 is 9.64 Å². The van der Waals surface area contributed by atoms with Gasteiger partial charge in [0.2, 0.25) is 11.7 Å². The van der Waals surface area contributed by atoms with Crippen LogP contribution in [0.4, 0.5) is 5.69 Å². The van der Waals surface area contributed by atoms with Crippen LogP contribution in [0.25, 0.3) is 0 Å². The van der Waals surface area contributed by atoms with Crippen molar-refractivity contribution in [2.75, 3.05) is 31.6 Å². The molecule has 1 aliphatic rings. The van der Waals surface area contributed by atoms with Crippen molar-refractivity contribution in [1.82, 2.24) is 10.1 Å². The number of anilines is 1. The summed E-state index contributed by atoms with van der Waals surface area (Å²) in [5.74, 6) is 0.637. The Kier molecular flexibility index (Phi) is 6.02. The number of carbonyl (C=O) groups is 2. The van der Waals surface area contributed by atoms with Crippen LogP contribution in [0.15, 0.2) is 65.2 Å². The molecule has 1 fully saturated rings. The standard InChI is InChI=1S/C24H25N3O4/c1-17(18-7-4-3-5-8-18)13-19-14-22(31-25-19)24(29)26-11-12-27(23(28)16-26)20-9-6-10-21(15-20)30-2/h3-10,14-15,17H,11-13,16H2,1-2H3. The van der Waals surface area contributed by atoms with Crippen molar-refractivity contribution in [3.8, 4) is 5.75 Å². The highest BCUT2D eigenvalue weighted by molar-refractivity contribution is 6.00. The van der Waals surface area contributed by atoms with E-state index in [2.05, 4.69) is 24.2 Å². The first-order chi connectivity index (χ1) is 15.0. The SMILES string of the molecule is COc1cccc(N2CCN(C(=O)c3cc(CC(C)c4ccccc4)no3)CC2=O)c1. The molecule has 1 atom stereocenters. The first-order valence-electron chi connectivity index (χ1n) is 10.3. The number of hydrogen-bond acceptors (Lipinski definition) is 5. The number of aromatic nitrogens is 1. The molecule has 2 heterocycles. The third-order valence-corrected chi connectivity index (χ3v) is 5.53. The minimum atomic E-state index is -0.315. The maximum absolute atomic E-state index is 12.9. The molecule has 2 aromatic carbocycles. The van der Waals surface area contributed by atoms with Crippen molar-refractivity contribution < 1.29 is 18.8 Å². The summed E-state index contributed by atoms with van der Waals surface area (Å²) in [6.45, 7) is 2.93. The minimum absolute atomic E-state index is 0.00745. The molecule has 0 bridgehead atoms. The number of hydrogen-bond donors (Lipinski definition) is 0. The largest absolute Gasteiger partial charge is 0.497 e. The number of ether oxygens (including phenoxy) is 1. The number of benzene rings is 2. The lowest BCUT2D eigenvalue weighted by molar-refractivity contribution is -0.120. The molecule has 0 aliphatic carbocycles. The zero-order valence-corrected chi connectivity index (χ0v) is 17.7. The van der Waals surface area contributed by atoms with E-state index in [1.807, 2.05) is 42.5 Å². The van der Waals surface area contributed by atoms with Crippen molar-refractivity contribution in [3.63, 3.8) is 0 Å². The van der Waals surface area contributed by atoms with Gasteiger partial charge in [-0.05, 0) is 30.0 Å². The Morgan fingerprint density at radius 3 is 2.68 bits per heavy atom. The van der Waals surface area contributed by atoms with Crippen LogP contribution >= 0.6 is 0 Å². The van der Waals surface area contributed by atoms with Crippen LogP contribution in [0.5, 0.6) is 5.75 Å². The number of rotatable bonds is 6. The third kappa shape index (κ3) is 4.60. The van der Waals surface area contributed by atoms with Crippen LogP contribution in [0, 0.1) is 0 Å². The molecule has 3 aromatic rings. The van der Waals surface area contributed by atoms with E-state index in [-0.39, 0.29) is 30.0 Å². The Morgan fingerprint density at radius 2 is 1.94 bits per heavy atom. The second kappa shape index (κ2) is 9.04. The lowest BCUT2D eigenvalue weighted by Crippen LogP contribution is -2.52. The van der Waals surface area contributed by atoms with Gasteiger partial charge in [0.25, 0.3) is 5.91 Å². The van der Waals surface area contributed by atoms with Gasteiger partial charge in [-0.3, -0.25) is 9.59 Å². The second-order valence-corrected chi connectivity index (χ2v) is 7.67. The fraction of sp³-hybridized carbons (Fsp3) is 0.292. The lowest BCUT2D eigenvalue weighted by Gasteiger charge is -2.33. The summed E-state index contributed by atoms with van der Waals surface area (Å²) in [5.41, 5.74) is 2.69. The topological polar surface area (TPSA) is 75.9 Å². The average molecular weight is 419 g/mol. The number of piperazine rings is 1. The molecule has 1 aliphatic heterocycles. The van der Waals surface area contributed by atoms with Crippen LogP contribution in [0.3, 0.4) is 0 Å². The van der Waals surface area contributed by atoms with Crippen LogP contribution in [-0.2, 0) is 11.2 Å². The Hall–Kier alpha value is -3.61. The van der Waals surface area contributed by atoms with Crippen LogP contribution in [0.2, 0.25) is 0 Å². The van der Waals surface area contributed by atoms with E-state index >= 15 is 0 Å². The highest BCUT2D eigenvalue weighted by Gasteiger charge is 2.30. The number of nitrogens with zero attached hydrogens (tertiary/aromatic N) is 3. The Labute approximate surface area is 181 Å². The molecule has 160 valence electrons. The van der Waals surface area contributed by atoms with E-state index in [1.54, 1.807) is 18.1 Å². The second-order valence-electron chi connectivity index (χ2n) is 7.67. The highest BCUT2D eigenvalue weighted by atomic mass is 16.5. The van der Waals surface area contributed by atoms with Crippen molar-refractivity contribution in [2.24, 2.45) is 0 Å². The predicted molar refractivity (Wildman–Crippen MR) is 116 cm³/mol. The maximum Gasteiger partial charge on any atom is 0.293 e. The van der Waals surface area contributed by atoms with Crippen molar-refractivity contribution in [2.45, 2.75) is 19.3 Å². The van der Waals surface area contributed by atoms with Gasteiger partial charge in [0, 0.05) is 30.9 Å². The summed E-state index contributed by atoms with van der Waals surface area (Å²) in [6, 6.07) is 19.2. The average Bonchev–Trinajstić information content (AvgIpc) is 3.27. The van der Waals surface area contributed by atoms with Crippen molar-refractivity contribution in [1.29, 1.82) is 0 Å². The number of amides is 2. The Bertz CT molecular complexity index is 1060. The fourth-order valence-electron chi connectivity index (χ4n) is 3.78. The molecule has 0 spiro atoms. The van der Waals surface area contributed by atoms with Gasteiger partial charge < -0.3 is 19.1 Å². The van der Waals surface area contributed by atoms with E-state index in [1.165, 1.54) is 10.5 Å². The van der Waals surface area contributed by atoms with Gasteiger partial charge in [-0.1, -0.05) is 48.5 Å². The summed E-state index contributed by atoms with van der Waals surface area (Å²) in [6.07, 6.45) is 0.670. The molecule has 1 aromatic heterocycles. The van der Waals surface area contributed by atoms with Crippen molar-refractivity contribution in [3.05, 3.63) is 77.7 Å². The first kappa shape index (κ1) is 20.7. The van der Waals surface area contributed by atoms with E-state index in [9.17, 15) is 9.59 Å². The van der Waals surface area contributed by atoms with Crippen LogP contribution in [0.1, 0.15) is 34.7 Å². The normalized spacial score (nSPS) is 15.1. The van der Waals surface area contributed by atoms with Gasteiger partial charge in [0.1, 0.15) is 12.3 Å². The molecule has 4 rings (SSSR count). The molecule has 0 saturated carbocycles. The molecule has 31 heavy (non-hydrogen) atoms. The minimum Gasteiger partial charge on any atom is -0.497 e. The smallest absolute Gasteiger partial charge is 0.293 e. The third-order valence-electron chi connectivity index (χ3n) is 5.53. The number of methoxy groups -OCH3 is 1. The molecular weight excluding hydrogens is 394 g/mol. The molecular formula is C24H25N3O4. The lowest BCUT2D eigenvalue weighted by atomic mass is 9.96. The molecule has 1 saturated heterocycles. The predicted octanol–water partition coefficient (Wildman–Crippen LogP) is 3.52. The van der Waals surface area contributed by atoms with Gasteiger partial charge in [0.05, 0.1) is 12.8 Å². The first-order valence-corrected chi connectivity index (χ1v) is 10.3. The van der Waals surface area contributed by atoms with E-state index in [4.69, 9.17) is 9.26 Å². The van der Waals surface area contributed by atoms with E-state index < -0.39 is 0 Å². The molecule has 0 radical (unpaired) electrons. The molecule has 2 amide bonds. The number of carbonyl (C=O) groups excluding carboxylic acids is 2. The molecule has 7 nitrogen and oxygen atoms in total. The van der Waals surface area contributed by atoms with Crippen molar-refractivity contribution >= 4 is 17.5 Å². The Morgan fingerprint density at radius 1 is 1.13 bits per heavy atom. The monoisotopic (exact) mass is 419 g/mol. The summed E-state index contributed by atoms with van der Waals surface area (Å²) < 4.78 is 10.5. The van der Waals surface area contributed by atoms with Gasteiger partial charge in [0.15, 0.2) is 0 Å². The quantitative estimate of drug-likeness (QED) is 0.611. The molecule has 1 unspecified atom stereocenters.